The van der Waals surface area contributed by atoms with E-state index in [-0.39, 0.29) is 62.9 Å². The summed E-state index contributed by atoms with van der Waals surface area (Å²) in [5.74, 6) is 0. The second-order valence-corrected chi connectivity index (χ2v) is 5.69. The maximum atomic E-state index is 12.1. The van der Waals surface area contributed by atoms with Crippen LogP contribution in [-0.4, -0.2) is 66.4 Å². The molecule has 0 aliphatic carbocycles. The molecule has 0 N–H and O–H groups in total. The summed E-state index contributed by atoms with van der Waals surface area (Å²) in [6, 6.07) is 12.6. The predicted molar refractivity (Wildman–Crippen MR) is 79.1 cm³/mol. The van der Waals surface area contributed by atoms with Crippen LogP contribution in [0.15, 0.2) is 47.4 Å². The van der Waals surface area contributed by atoms with Crippen molar-refractivity contribution in [3.05, 3.63) is 42.5 Å². The Morgan fingerprint density at radius 2 is 1.74 bits per heavy atom. The number of rotatable bonds is 5. The van der Waals surface area contributed by atoms with Gasteiger partial charge >= 0.3 is 51.4 Å². The van der Waals surface area contributed by atoms with Gasteiger partial charge in [0.25, 0.3) is 10.1 Å². The molecule has 0 heterocycles. The van der Waals surface area contributed by atoms with Crippen LogP contribution >= 0.6 is 0 Å². The van der Waals surface area contributed by atoms with E-state index in [1.807, 2.05) is 31.2 Å². The number of hydrogen-bond acceptors (Lipinski definition) is 3. The number of unbranched alkanes of at least 4 members (excludes halogenated alkanes) is 1. The molecule has 2 rings (SSSR count). The zero-order valence-electron chi connectivity index (χ0n) is 10.3. The molecule has 0 bridgehead atoms. The fourth-order valence-electron chi connectivity index (χ4n) is 1.79. The Hall–Kier alpha value is 0.246. The van der Waals surface area contributed by atoms with E-state index in [4.69, 9.17) is 4.18 Å². The van der Waals surface area contributed by atoms with Gasteiger partial charge in [0.05, 0.1) is 6.61 Å². The molecule has 0 unspecified atom stereocenters. The number of fused-ring (bicyclic) bond motifs is 1. The Balaban J connectivity index is 0.00000180. The predicted octanol–water partition coefficient (Wildman–Crippen LogP) is 2.70. The zero-order chi connectivity index (χ0) is 13.0. The van der Waals surface area contributed by atoms with Crippen molar-refractivity contribution >= 4 is 72.3 Å². The van der Waals surface area contributed by atoms with Gasteiger partial charge in [-0.15, -0.1) is 0 Å². The molecule has 19 heavy (non-hydrogen) atoms. The first-order valence-electron chi connectivity index (χ1n) is 6.02. The molecule has 3 nitrogen and oxygen atoms in total. The minimum atomic E-state index is -3.66. The molecule has 0 amide bonds. The van der Waals surface area contributed by atoms with E-state index in [0.29, 0.717) is 5.39 Å². The fraction of sp³-hybridized carbons (Fsp3) is 0.286. The summed E-state index contributed by atoms with van der Waals surface area (Å²) in [6.45, 7) is 2.23. The van der Waals surface area contributed by atoms with E-state index in [0.717, 1.165) is 18.2 Å². The van der Waals surface area contributed by atoms with Crippen LogP contribution in [0.3, 0.4) is 0 Å². The minimum absolute atomic E-state index is 0. The van der Waals surface area contributed by atoms with Gasteiger partial charge < -0.3 is 0 Å². The zero-order valence-corrected chi connectivity index (χ0v) is 11.1. The molecule has 98 valence electrons. The van der Waals surface area contributed by atoms with Crippen LogP contribution in [0.25, 0.3) is 10.8 Å². The third kappa shape index (κ3) is 4.36. The van der Waals surface area contributed by atoms with Gasteiger partial charge in [-0.2, -0.15) is 8.42 Å². The number of hydrogen-bond donors (Lipinski definition) is 0. The average molecular weight is 304 g/mol. The van der Waals surface area contributed by atoms with Crippen molar-refractivity contribution in [2.24, 2.45) is 0 Å². The Morgan fingerprint density at radius 1 is 1.05 bits per heavy atom. The van der Waals surface area contributed by atoms with Crippen molar-refractivity contribution in [2.45, 2.75) is 24.7 Å². The monoisotopic (exact) mass is 304 g/mol. The van der Waals surface area contributed by atoms with Gasteiger partial charge in [-0.3, -0.25) is 4.18 Å². The van der Waals surface area contributed by atoms with Crippen molar-refractivity contribution in [3.63, 3.8) is 0 Å². The van der Waals surface area contributed by atoms with E-state index in [9.17, 15) is 8.42 Å². The second kappa shape index (κ2) is 7.88. The Labute approximate surface area is 156 Å². The number of benzene rings is 2. The normalized spacial score (nSPS) is 11.2. The van der Waals surface area contributed by atoms with E-state index in [1.54, 1.807) is 18.2 Å². The Bertz CT molecular complexity index is 633. The van der Waals surface area contributed by atoms with Gasteiger partial charge in [0.1, 0.15) is 4.90 Å². The van der Waals surface area contributed by atoms with Crippen LogP contribution in [0.4, 0.5) is 0 Å². The third-order valence-corrected chi connectivity index (χ3v) is 4.13. The van der Waals surface area contributed by atoms with Crippen LogP contribution in [0, 0.1) is 0 Å². The van der Waals surface area contributed by atoms with Gasteiger partial charge in [-0.25, -0.2) is 0 Å². The Kier molecular flexibility index (Phi) is 7.17. The second-order valence-electron chi connectivity index (χ2n) is 4.11. The van der Waals surface area contributed by atoms with Crippen molar-refractivity contribution in [1.82, 2.24) is 0 Å². The first-order valence-corrected chi connectivity index (χ1v) is 7.43. The summed E-state index contributed by atoms with van der Waals surface area (Å²) >= 11 is 0. The molecule has 5 heteroatoms. The molecule has 0 spiro atoms. The molecule has 0 aliphatic rings. The average Bonchev–Trinajstić information content (AvgIpc) is 2.38. The molecule has 0 atom stereocenters. The van der Waals surface area contributed by atoms with Gasteiger partial charge in [0.2, 0.25) is 0 Å². The molecule has 0 fully saturated rings. The molecule has 0 aliphatic heterocycles. The van der Waals surface area contributed by atoms with E-state index in [1.165, 1.54) is 0 Å². The van der Waals surface area contributed by atoms with Crippen LogP contribution in [0.2, 0.25) is 0 Å². The molecule has 0 saturated heterocycles. The molecular formula is C14H17KO3S. The quantitative estimate of drug-likeness (QED) is 0.484. The Morgan fingerprint density at radius 3 is 2.47 bits per heavy atom. The topological polar surface area (TPSA) is 43.4 Å². The summed E-state index contributed by atoms with van der Waals surface area (Å²) in [4.78, 5) is 0.247. The van der Waals surface area contributed by atoms with E-state index >= 15 is 0 Å². The summed E-state index contributed by atoms with van der Waals surface area (Å²) in [6.07, 6.45) is 1.65. The molecule has 0 aromatic heterocycles. The SMILES string of the molecule is CCCCOS(=O)(=O)c1cccc2ccccc12.[KH]. The van der Waals surface area contributed by atoms with E-state index < -0.39 is 10.1 Å². The van der Waals surface area contributed by atoms with Crippen molar-refractivity contribution in [1.29, 1.82) is 0 Å². The van der Waals surface area contributed by atoms with Crippen LogP contribution in [0.1, 0.15) is 19.8 Å². The fourth-order valence-corrected chi connectivity index (χ4v) is 2.95. The van der Waals surface area contributed by atoms with Crippen molar-refractivity contribution in [3.8, 4) is 0 Å². The molecule has 2 aromatic carbocycles. The van der Waals surface area contributed by atoms with Crippen LogP contribution in [-0.2, 0) is 14.3 Å². The molecule has 0 radical (unpaired) electrons. The van der Waals surface area contributed by atoms with Gasteiger partial charge in [-0.1, -0.05) is 49.7 Å². The summed E-state index contributed by atoms with van der Waals surface area (Å²) < 4.78 is 29.2. The standard InChI is InChI=1S/C14H16O3S.K.H/c1-2-3-11-17-18(15,16)14-10-6-8-12-7-4-5-9-13(12)14;;/h4-10H,2-3,11H2,1H3;;. The molecular weight excluding hydrogens is 287 g/mol. The van der Waals surface area contributed by atoms with Crippen LogP contribution in [0.5, 0.6) is 0 Å². The van der Waals surface area contributed by atoms with Crippen molar-refractivity contribution < 1.29 is 12.6 Å². The van der Waals surface area contributed by atoms with Gasteiger partial charge in [0.15, 0.2) is 0 Å². The van der Waals surface area contributed by atoms with Crippen LogP contribution < -0.4 is 0 Å². The van der Waals surface area contributed by atoms with Gasteiger partial charge in [-0.05, 0) is 17.9 Å². The molecule has 0 saturated carbocycles. The summed E-state index contributed by atoms with van der Waals surface area (Å²) in [5.41, 5.74) is 0. The van der Waals surface area contributed by atoms with E-state index in [2.05, 4.69) is 0 Å². The third-order valence-electron chi connectivity index (χ3n) is 2.76. The summed E-state index contributed by atoms with van der Waals surface area (Å²) in [7, 11) is -3.66. The molecule has 2 aromatic rings. The van der Waals surface area contributed by atoms with Crippen molar-refractivity contribution in [2.75, 3.05) is 6.61 Å². The van der Waals surface area contributed by atoms with Gasteiger partial charge in [0, 0.05) is 5.39 Å². The summed E-state index contributed by atoms with van der Waals surface area (Å²) in [5, 5.41) is 1.61. The first kappa shape index (κ1) is 17.3. The maximum absolute atomic E-state index is 12.1. The first-order chi connectivity index (χ1) is 8.65.